The molecule has 2 heterocycles. The van der Waals surface area contributed by atoms with Crippen molar-refractivity contribution in [1.82, 2.24) is 9.97 Å². The van der Waals surface area contributed by atoms with Crippen molar-refractivity contribution >= 4 is 45.6 Å². The van der Waals surface area contributed by atoms with E-state index in [0.29, 0.717) is 27.1 Å². The van der Waals surface area contributed by atoms with Crippen molar-refractivity contribution in [3.05, 3.63) is 63.5 Å². The molecule has 0 unspecified atom stereocenters. The van der Waals surface area contributed by atoms with Crippen LogP contribution in [0.25, 0.3) is 11.3 Å². The van der Waals surface area contributed by atoms with Crippen LogP contribution in [0.1, 0.15) is 10.4 Å². The summed E-state index contributed by atoms with van der Waals surface area (Å²) in [6.45, 7) is 0. The van der Waals surface area contributed by atoms with Gasteiger partial charge in [-0.2, -0.15) is 0 Å². The van der Waals surface area contributed by atoms with Crippen molar-refractivity contribution in [3.8, 4) is 11.3 Å². The first kappa shape index (κ1) is 15.9. The monoisotopic (exact) mass is 367 g/mol. The highest BCUT2D eigenvalue weighted by molar-refractivity contribution is 7.14. The molecular formula is C15H8Cl2FN3OS. The summed E-state index contributed by atoms with van der Waals surface area (Å²) < 4.78 is 13.2. The van der Waals surface area contributed by atoms with E-state index < -0.39 is 5.82 Å². The number of pyridine rings is 1. The number of aromatic nitrogens is 2. The van der Waals surface area contributed by atoms with Gasteiger partial charge in [0.05, 0.1) is 16.3 Å². The van der Waals surface area contributed by atoms with E-state index in [1.54, 1.807) is 17.5 Å². The lowest BCUT2D eigenvalue weighted by atomic mass is 10.2. The largest absolute Gasteiger partial charge is 0.298 e. The van der Waals surface area contributed by atoms with Gasteiger partial charge >= 0.3 is 0 Å². The van der Waals surface area contributed by atoms with Crippen LogP contribution in [0.2, 0.25) is 10.2 Å². The van der Waals surface area contributed by atoms with Crippen LogP contribution in [0.5, 0.6) is 0 Å². The Hall–Kier alpha value is -2.02. The minimum Gasteiger partial charge on any atom is -0.298 e. The molecule has 0 saturated heterocycles. The molecule has 4 nitrogen and oxygen atoms in total. The van der Waals surface area contributed by atoms with E-state index in [1.165, 1.54) is 35.7 Å². The summed E-state index contributed by atoms with van der Waals surface area (Å²) in [5.74, 6) is -0.832. The van der Waals surface area contributed by atoms with Gasteiger partial charge in [-0.1, -0.05) is 23.2 Å². The lowest BCUT2D eigenvalue weighted by Crippen LogP contribution is -2.11. The molecule has 0 aliphatic rings. The number of benzene rings is 1. The summed E-state index contributed by atoms with van der Waals surface area (Å²) >= 11 is 12.7. The Morgan fingerprint density at radius 1 is 1.22 bits per heavy atom. The van der Waals surface area contributed by atoms with E-state index in [1.807, 2.05) is 0 Å². The average Bonchev–Trinajstić information content (AvgIpc) is 2.99. The van der Waals surface area contributed by atoms with Crippen molar-refractivity contribution in [3.63, 3.8) is 0 Å². The first-order valence-electron chi connectivity index (χ1n) is 6.37. The van der Waals surface area contributed by atoms with Gasteiger partial charge in [-0.3, -0.25) is 10.1 Å². The van der Waals surface area contributed by atoms with Crippen molar-refractivity contribution in [1.29, 1.82) is 0 Å². The van der Waals surface area contributed by atoms with Crippen molar-refractivity contribution < 1.29 is 9.18 Å². The molecule has 1 N–H and O–H groups in total. The van der Waals surface area contributed by atoms with Crippen LogP contribution in [0.15, 0.2) is 41.9 Å². The molecule has 0 saturated carbocycles. The van der Waals surface area contributed by atoms with Gasteiger partial charge in [0.25, 0.3) is 5.91 Å². The highest BCUT2D eigenvalue weighted by Crippen LogP contribution is 2.28. The number of carbonyl (C=O) groups excluding carboxylic acids is 1. The lowest BCUT2D eigenvalue weighted by Gasteiger charge is -2.01. The van der Waals surface area contributed by atoms with Crippen LogP contribution in [-0.2, 0) is 0 Å². The fourth-order valence-corrected chi connectivity index (χ4v) is 2.81. The second kappa shape index (κ2) is 6.62. The van der Waals surface area contributed by atoms with Crippen LogP contribution in [0.4, 0.5) is 9.52 Å². The topological polar surface area (TPSA) is 54.9 Å². The minimum atomic E-state index is -0.491. The van der Waals surface area contributed by atoms with Gasteiger partial charge in [-0.15, -0.1) is 11.3 Å². The second-order valence-corrected chi connectivity index (χ2v) is 6.14. The molecule has 0 aliphatic carbocycles. The number of rotatable bonds is 3. The Morgan fingerprint density at radius 2 is 2.04 bits per heavy atom. The Bertz CT molecular complexity index is 867. The molecule has 3 aromatic rings. The van der Waals surface area contributed by atoms with E-state index in [2.05, 4.69) is 15.3 Å². The standard InChI is InChI=1S/C15H8Cl2FN3OS/c16-10-5-8(1-3-11(10)18)12-7-23-15(20-12)21-14(22)9-2-4-13(17)19-6-9/h1-7H,(H,20,21,22). The molecule has 0 bridgehead atoms. The Labute approximate surface area is 144 Å². The molecule has 0 aliphatic heterocycles. The zero-order valence-electron chi connectivity index (χ0n) is 11.4. The fraction of sp³-hybridized carbons (Fsp3) is 0. The number of nitrogens with zero attached hydrogens (tertiary/aromatic N) is 2. The van der Waals surface area contributed by atoms with Crippen LogP contribution in [0.3, 0.4) is 0 Å². The maximum absolute atomic E-state index is 13.2. The van der Waals surface area contributed by atoms with Crippen LogP contribution < -0.4 is 5.32 Å². The number of carbonyl (C=O) groups is 1. The minimum absolute atomic E-state index is 0.0216. The molecule has 0 radical (unpaired) electrons. The van der Waals surface area contributed by atoms with E-state index in [-0.39, 0.29) is 10.9 Å². The van der Waals surface area contributed by atoms with Crippen LogP contribution in [-0.4, -0.2) is 15.9 Å². The Kier molecular flexibility index (Phi) is 4.56. The van der Waals surface area contributed by atoms with E-state index in [9.17, 15) is 9.18 Å². The van der Waals surface area contributed by atoms with E-state index >= 15 is 0 Å². The Balaban J connectivity index is 1.77. The predicted octanol–water partition coefficient (Wildman–Crippen LogP) is 4.90. The summed E-state index contributed by atoms with van der Waals surface area (Å²) in [7, 11) is 0. The third kappa shape index (κ3) is 3.67. The quantitative estimate of drug-likeness (QED) is 0.669. The number of amides is 1. The third-order valence-electron chi connectivity index (χ3n) is 2.93. The molecular weight excluding hydrogens is 360 g/mol. The van der Waals surface area contributed by atoms with Gasteiger partial charge in [-0.05, 0) is 30.3 Å². The lowest BCUT2D eigenvalue weighted by molar-refractivity contribution is 0.102. The molecule has 2 aromatic heterocycles. The first-order chi connectivity index (χ1) is 11.0. The van der Waals surface area contributed by atoms with Crippen molar-refractivity contribution in [2.45, 2.75) is 0 Å². The number of hydrogen-bond donors (Lipinski definition) is 1. The highest BCUT2D eigenvalue weighted by atomic mass is 35.5. The zero-order valence-corrected chi connectivity index (χ0v) is 13.7. The smallest absolute Gasteiger partial charge is 0.259 e. The third-order valence-corrected chi connectivity index (χ3v) is 4.20. The maximum Gasteiger partial charge on any atom is 0.259 e. The first-order valence-corrected chi connectivity index (χ1v) is 8.00. The summed E-state index contributed by atoms with van der Waals surface area (Å²) in [5.41, 5.74) is 1.64. The van der Waals surface area contributed by atoms with Crippen LogP contribution >= 0.6 is 34.5 Å². The predicted molar refractivity (Wildman–Crippen MR) is 89.7 cm³/mol. The number of halogens is 3. The van der Waals surface area contributed by atoms with Crippen molar-refractivity contribution in [2.24, 2.45) is 0 Å². The number of anilines is 1. The van der Waals surface area contributed by atoms with Gasteiger partial charge in [-0.25, -0.2) is 14.4 Å². The Morgan fingerprint density at radius 3 is 2.74 bits per heavy atom. The van der Waals surface area contributed by atoms with Gasteiger partial charge < -0.3 is 0 Å². The molecule has 0 fully saturated rings. The maximum atomic E-state index is 13.2. The number of thiazole rings is 1. The van der Waals surface area contributed by atoms with Crippen molar-refractivity contribution in [2.75, 3.05) is 5.32 Å². The normalized spacial score (nSPS) is 10.6. The molecule has 0 atom stereocenters. The summed E-state index contributed by atoms with van der Waals surface area (Å²) in [5, 5.41) is 5.17. The summed E-state index contributed by atoms with van der Waals surface area (Å²) in [6, 6.07) is 7.43. The van der Waals surface area contributed by atoms with E-state index in [4.69, 9.17) is 23.2 Å². The molecule has 8 heteroatoms. The average molecular weight is 368 g/mol. The highest BCUT2D eigenvalue weighted by Gasteiger charge is 2.11. The zero-order chi connectivity index (χ0) is 16.4. The molecule has 23 heavy (non-hydrogen) atoms. The molecule has 1 aromatic carbocycles. The molecule has 3 rings (SSSR count). The summed E-state index contributed by atoms with van der Waals surface area (Å²) in [4.78, 5) is 20.2. The summed E-state index contributed by atoms with van der Waals surface area (Å²) in [6.07, 6.45) is 1.38. The second-order valence-electron chi connectivity index (χ2n) is 4.49. The fourth-order valence-electron chi connectivity index (χ4n) is 1.80. The van der Waals surface area contributed by atoms with Crippen LogP contribution in [0, 0.1) is 5.82 Å². The number of nitrogens with one attached hydrogen (secondary N) is 1. The van der Waals surface area contributed by atoms with E-state index in [0.717, 1.165) is 0 Å². The number of hydrogen-bond acceptors (Lipinski definition) is 4. The molecule has 1 amide bonds. The van der Waals surface area contributed by atoms with Gasteiger partial charge in [0.2, 0.25) is 0 Å². The molecule has 116 valence electrons. The molecule has 0 spiro atoms. The van der Waals surface area contributed by atoms with Gasteiger partial charge in [0, 0.05) is 17.1 Å². The SMILES string of the molecule is O=C(Nc1nc(-c2ccc(F)c(Cl)c2)cs1)c1ccc(Cl)nc1. The van der Waals surface area contributed by atoms with Gasteiger partial charge in [0.15, 0.2) is 5.13 Å². The van der Waals surface area contributed by atoms with Gasteiger partial charge in [0.1, 0.15) is 11.0 Å².